The summed E-state index contributed by atoms with van der Waals surface area (Å²) in [6.07, 6.45) is 0.939. The van der Waals surface area contributed by atoms with Gasteiger partial charge in [0.05, 0.1) is 31.9 Å². The topological polar surface area (TPSA) is 77.0 Å². The van der Waals surface area contributed by atoms with E-state index in [4.69, 9.17) is 14.5 Å². The van der Waals surface area contributed by atoms with Gasteiger partial charge < -0.3 is 14.8 Å². The Morgan fingerprint density at radius 3 is 2.38 bits per heavy atom. The monoisotopic (exact) mass is 456 g/mol. The van der Waals surface area contributed by atoms with Gasteiger partial charge in [-0.1, -0.05) is 24.3 Å². The number of nitrogens with one attached hydrogen (secondary N) is 1. The van der Waals surface area contributed by atoms with Gasteiger partial charge in [0.25, 0.3) is 5.91 Å². The number of methoxy groups -OCH3 is 2. The average Bonchev–Trinajstić information content (AvgIpc) is 2.83. The zero-order chi connectivity index (χ0) is 24.3. The maximum atomic E-state index is 13.2. The van der Waals surface area contributed by atoms with E-state index in [2.05, 4.69) is 19.2 Å². The van der Waals surface area contributed by atoms with Gasteiger partial charge >= 0.3 is 0 Å². The number of ketones is 1. The van der Waals surface area contributed by atoms with E-state index in [1.807, 2.05) is 18.2 Å². The van der Waals surface area contributed by atoms with E-state index in [1.54, 1.807) is 62.8 Å². The minimum Gasteiger partial charge on any atom is -0.497 e. The molecule has 0 spiro atoms. The first-order chi connectivity index (χ1) is 16.3. The third kappa shape index (κ3) is 5.17. The lowest BCUT2D eigenvalue weighted by atomic mass is 9.85. The van der Waals surface area contributed by atoms with Gasteiger partial charge in [0.2, 0.25) is 0 Å². The predicted molar refractivity (Wildman–Crippen MR) is 134 cm³/mol. The van der Waals surface area contributed by atoms with E-state index < -0.39 is 0 Å². The molecule has 0 aliphatic carbocycles. The Bertz CT molecular complexity index is 1280. The second-order valence-electron chi connectivity index (χ2n) is 8.94. The molecule has 1 amide bonds. The second kappa shape index (κ2) is 9.51. The molecule has 0 unspecified atom stereocenters. The van der Waals surface area contributed by atoms with E-state index >= 15 is 0 Å². The van der Waals surface area contributed by atoms with Crippen LogP contribution in [0.2, 0.25) is 0 Å². The molecule has 0 saturated carbocycles. The molecule has 174 valence electrons. The van der Waals surface area contributed by atoms with E-state index in [-0.39, 0.29) is 23.7 Å². The molecule has 0 saturated heterocycles. The minimum absolute atomic E-state index is 0.0961. The Morgan fingerprint density at radius 2 is 1.62 bits per heavy atom. The fourth-order valence-corrected chi connectivity index (χ4v) is 4.16. The maximum absolute atomic E-state index is 13.2. The first kappa shape index (κ1) is 23.2. The highest BCUT2D eigenvalue weighted by Crippen LogP contribution is 2.31. The predicted octanol–water partition coefficient (Wildman–Crippen LogP) is 5.35. The number of amides is 1. The van der Waals surface area contributed by atoms with Gasteiger partial charge in [0.1, 0.15) is 11.5 Å². The Balaban J connectivity index is 1.55. The number of carbonyl (C=O) groups excluding carboxylic acids is 2. The molecule has 1 aliphatic heterocycles. The van der Waals surface area contributed by atoms with E-state index in [1.165, 1.54) is 0 Å². The van der Waals surface area contributed by atoms with Gasteiger partial charge in [-0.25, -0.2) is 0 Å². The highest BCUT2D eigenvalue weighted by molar-refractivity contribution is 6.17. The Labute approximate surface area is 199 Å². The largest absolute Gasteiger partial charge is 0.497 e. The molecule has 0 aromatic heterocycles. The van der Waals surface area contributed by atoms with Gasteiger partial charge in [-0.3, -0.25) is 14.6 Å². The average molecular weight is 457 g/mol. The molecule has 4 rings (SSSR count). The molecular weight excluding hydrogens is 428 g/mol. The molecule has 34 heavy (non-hydrogen) atoms. The van der Waals surface area contributed by atoms with Gasteiger partial charge in [-0.05, 0) is 62.2 Å². The highest BCUT2D eigenvalue weighted by atomic mass is 16.5. The van der Waals surface area contributed by atoms with Gasteiger partial charge in [-0.15, -0.1) is 0 Å². The van der Waals surface area contributed by atoms with Gasteiger partial charge in [0, 0.05) is 28.4 Å². The molecule has 0 fully saturated rings. The Morgan fingerprint density at radius 1 is 0.912 bits per heavy atom. The van der Waals surface area contributed by atoms with Crippen molar-refractivity contribution in [2.75, 3.05) is 19.5 Å². The summed E-state index contributed by atoms with van der Waals surface area (Å²) in [5.41, 5.74) is 4.02. The van der Waals surface area contributed by atoms with E-state index in [0.717, 1.165) is 29.0 Å². The summed E-state index contributed by atoms with van der Waals surface area (Å²) in [4.78, 5) is 30.9. The Kier molecular flexibility index (Phi) is 6.50. The number of fused-ring (bicyclic) bond motifs is 1. The maximum Gasteiger partial charge on any atom is 0.255 e. The molecule has 3 aromatic carbocycles. The van der Waals surface area contributed by atoms with Gasteiger partial charge in [-0.2, -0.15) is 0 Å². The third-order valence-corrected chi connectivity index (χ3v) is 5.79. The van der Waals surface area contributed by atoms with Crippen LogP contribution in [0.25, 0.3) is 0 Å². The summed E-state index contributed by atoms with van der Waals surface area (Å²) >= 11 is 0. The smallest absolute Gasteiger partial charge is 0.255 e. The normalized spacial score (nSPS) is 13.9. The van der Waals surface area contributed by atoms with Crippen LogP contribution in [0.1, 0.15) is 52.1 Å². The van der Waals surface area contributed by atoms with Crippen LogP contribution in [0, 0.1) is 0 Å². The summed E-state index contributed by atoms with van der Waals surface area (Å²) in [7, 11) is 3.20. The standard InChI is InChI=1S/C28H28N2O4/c1-28(2)17-20-11-12-23(34-4)15-24(20)25(30-28)16-26(31)18-7-5-8-19(13-18)27(32)29-21-9-6-10-22(14-21)33-3/h5-15H,16-17H2,1-4H3,(H,29,32). The third-order valence-electron chi connectivity index (χ3n) is 5.79. The van der Waals surface area contributed by atoms with Crippen LogP contribution in [0.4, 0.5) is 5.69 Å². The summed E-state index contributed by atoms with van der Waals surface area (Å²) < 4.78 is 10.6. The second-order valence-corrected chi connectivity index (χ2v) is 8.94. The quantitative estimate of drug-likeness (QED) is 0.486. The van der Waals surface area contributed by atoms with Crippen LogP contribution in [0.15, 0.2) is 71.7 Å². The molecule has 1 aliphatic rings. The van der Waals surface area contributed by atoms with Crippen molar-refractivity contribution < 1.29 is 19.1 Å². The minimum atomic E-state index is -0.297. The number of hydrogen-bond donors (Lipinski definition) is 1. The van der Waals surface area contributed by atoms with Crippen LogP contribution < -0.4 is 14.8 Å². The zero-order valence-corrected chi connectivity index (χ0v) is 19.8. The number of carbonyl (C=O) groups is 2. The Hall–Kier alpha value is -3.93. The van der Waals surface area contributed by atoms with Crippen molar-refractivity contribution in [3.63, 3.8) is 0 Å². The molecule has 0 radical (unpaired) electrons. The lowest BCUT2D eigenvalue weighted by Crippen LogP contribution is -2.30. The first-order valence-corrected chi connectivity index (χ1v) is 11.1. The summed E-state index contributed by atoms with van der Waals surface area (Å²) in [5, 5.41) is 2.85. The number of rotatable bonds is 7. The molecule has 6 nitrogen and oxygen atoms in total. The summed E-state index contributed by atoms with van der Waals surface area (Å²) in [6, 6.07) is 19.8. The number of nitrogens with zero attached hydrogens (tertiary/aromatic N) is 1. The van der Waals surface area contributed by atoms with Crippen LogP contribution in [-0.4, -0.2) is 37.2 Å². The lowest BCUT2D eigenvalue weighted by molar-refractivity contribution is 0.100. The fourth-order valence-electron chi connectivity index (χ4n) is 4.16. The van der Waals surface area contributed by atoms with Crippen LogP contribution >= 0.6 is 0 Å². The number of benzene rings is 3. The lowest BCUT2D eigenvalue weighted by Gasteiger charge is -2.29. The number of Topliss-reactive ketones (excluding diaryl/α,β-unsaturated/α-hetero) is 1. The number of anilines is 1. The van der Waals surface area contributed by atoms with Crippen molar-refractivity contribution >= 4 is 23.1 Å². The number of ether oxygens (including phenoxy) is 2. The van der Waals surface area contributed by atoms with Crippen molar-refractivity contribution in [1.29, 1.82) is 0 Å². The molecule has 6 heteroatoms. The molecule has 0 atom stereocenters. The highest BCUT2D eigenvalue weighted by Gasteiger charge is 2.28. The molecule has 3 aromatic rings. The SMILES string of the molecule is COc1cccc(NC(=O)c2cccc(C(=O)CC3=NC(C)(C)Cc4ccc(OC)cc43)c2)c1. The zero-order valence-electron chi connectivity index (χ0n) is 19.8. The van der Waals surface area contributed by atoms with E-state index in [9.17, 15) is 9.59 Å². The number of hydrogen-bond acceptors (Lipinski definition) is 5. The van der Waals surface area contributed by atoms with Gasteiger partial charge in [0.15, 0.2) is 5.78 Å². The summed E-state index contributed by atoms with van der Waals surface area (Å²) in [6.45, 7) is 4.13. The fraction of sp³-hybridized carbons (Fsp3) is 0.250. The number of aliphatic imine (C=N–C) groups is 1. The van der Waals surface area contributed by atoms with Crippen LogP contribution in [0.3, 0.4) is 0 Å². The first-order valence-electron chi connectivity index (χ1n) is 11.1. The van der Waals surface area contributed by atoms with Crippen LogP contribution in [-0.2, 0) is 6.42 Å². The van der Waals surface area contributed by atoms with Crippen LogP contribution in [0.5, 0.6) is 11.5 Å². The van der Waals surface area contributed by atoms with Crippen molar-refractivity contribution in [1.82, 2.24) is 0 Å². The molecule has 1 N–H and O–H groups in total. The molecule has 0 bridgehead atoms. The molecular formula is C28H28N2O4. The van der Waals surface area contributed by atoms with E-state index in [0.29, 0.717) is 22.6 Å². The molecule has 1 heterocycles. The van der Waals surface area contributed by atoms with Crippen molar-refractivity contribution in [3.05, 3.63) is 89.0 Å². The van der Waals surface area contributed by atoms with Crippen molar-refractivity contribution in [3.8, 4) is 11.5 Å². The van der Waals surface area contributed by atoms with Crippen molar-refractivity contribution in [2.45, 2.75) is 32.2 Å². The summed E-state index contributed by atoms with van der Waals surface area (Å²) in [5.74, 6) is 0.986. The van der Waals surface area contributed by atoms with Crippen molar-refractivity contribution in [2.24, 2.45) is 4.99 Å².